The summed E-state index contributed by atoms with van der Waals surface area (Å²) in [6, 6.07) is 7.13. The summed E-state index contributed by atoms with van der Waals surface area (Å²) in [5, 5.41) is 0.137. The van der Waals surface area contributed by atoms with Crippen LogP contribution in [0.15, 0.2) is 24.3 Å². The SMILES string of the molecule is CS(=O)(=O)[C@@H]1[C@H](C(N)=S)[C@H]1c1ccc(Cl)cc1. The van der Waals surface area contributed by atoms with Crippen LogP contribution in [0.4, 0.5) is 0 Å². The van der Waals surface area contributed by atoms with Crippen LogP contribution in [0.2, 0.25) is 5.02 Å². The molecule has 1 fully saturated rings. The fraction of sp³-hybridized carbons (Fsp3) is 0.364. The second kappa shape index (κ2) is 4.23. The molecule has 17 heavy (non-hydrogen) atoms. The third kappa shape index (κ3) is 2.46. The zero-order chi connectivity index (χ0) is 12.8. The second-order valence-electron chi connectivity index (χ2n) is 4.30. The van der Waals surface area contributed by atoms with E-state index in [2.05, 4.69) is 0 Å². The standard InChI is InChI=1S/C11H12ClNO2S2/c1-17(14,15)10-8(9(10)11(13)16)6-2-4-7(12)5-3-6/h2-5,8-10H,1H3,(H2,13,16)/t8-,9-,10+/m1/s1. The molecule has 0 spiro atoms. The minimum atomic E-state index is -3.13. The van der Waals surface area contributed by atoms with E-state index in [4.69, 9.17) is 29.6 Å². The lowest BCUT2D eigenvalue weighted by Gasteiger charge is -1.99. The number of hydrogen-bond donors (Lipinski definition) is 1. The third-order valence-corrected chi connectivity index (χ3v) is 5.13. The number of sulfone groups is 1. The number of benzene rings is 1. The van der Waals surface area contributed by atoms with Crippen molar-refractivity contribution in [2.24, 2.45) is 11.7 Å². The highest BCUT2D eigenvalue weighted by molar-refractivity contribution is 7.91. The molecular formula is C11H12ClNO2S2. The quantitative estimate of drug-likeness (QED) is 0.861. The Morgan fingerprint density at radius 3 is 2.24 bits per heavy atom. The maximum atomic E-state index is 11.6. The molecule has 0 radical (unpaired) electrons. The van der Waals surface area contributed by atoms with E-state index in [0.29, 0.717) is 5.02 Å². The Bertz CT molecular complexity index is 553. The number of thiocarbonyl (C=S) groups is 1. The first-order chi connectivity index (χ1) is 7.82. The van der Waals surface area contributed by atoms with E-state index < -0.39 is 15.1 Å². The molecule has 0 aliphatic heterocycles. The van der Waals surface area contributed by atoms with Crippen LogP contribution in [0.1, 0.15) is 11.5 Å². The summed E-state index contributed by atoms with van der Waals surface area (Å²) in [5.41, 5.74) is 6.50. The van der Waals surface area contributed by atoms with Gasteiger partial charge in [-0.3, -0.25) is 0 Å². The number of rotatable bonds is 3. The Balaban J connectivity index is 2.34. The molecule has 2 N–H and O–H groups in total. The van der Waals surface area contributed by atoms with Crippen LogP contribution >= 0.6 is 23.8 Å². The van der Waals surface area contributed by atoms with Gasteiger partial charge in [0.15, 0.2) is 9.84 Å². The molecule has 0 amide bonds. The van der Waals surface area contributed by atoms with Crippen molar-refractivity contribution in [2.45, 2.75) is 11.2 Å². The van der Waals surface area contributed by atoms with Crippen molar-refractivity contribution in [1.29, 1.82) is 0 Å². The van der Waals surface area contributed by atoms with Crippen molar-refractivity contribution in [3.8, 4) is 0 Å². The molecule has 3 atom stereocenters. The van der Waals surface area contributed by atoms with Gasteiger partial charge in [0, 0.05) is 23.1 Å². The predicted octanol–water partition coefficient (Wildman–Crippen LogP) is 1.75. The normalized spacial score (nSPS) is 27.8. The second-order valence-corrected chi connectivity index (χ2v) is 7.41. The maximum Gasteiger partial charge on any atom is 0.151 e. The topological polar surface area (TPSA) is 60.2 Å². The lowest BCUT2D eigenvalue weighted by atomic mass is 10.1. The minimum absolute atomic E-state index is 0.125. The third-order valence-electron chi connectivity index (χ3n) is 3.03. The Hall–Kier alpha value is -0.650. The summed E-state index contributed by atoms with van der Waals surface area (Å²) in [5.74, 6) is -0.374. The van der Waals surface area contributed by atoms with Gasteiger partial charge in [0.25, 0.3) is 0 Å². The number of halogens is 1. The first-order valence-electron chi connectivity index (χ1n) is 5.06. The zero-order valence-electron chi connectivity index (χ0n) is 9.13. The van der Waals surface area contributed by atoms with Gasteiger partial charge in [-0.2, -0.15) is 0 Å². The Kier molecular flexibility index (Phi) is 3.18. The van der Waals surface area contributed by atoms with Crippen molar-refractivity contribution in [1.82, 2.24) is 0 Å². The molecule has 0 aromatic heterocycles. The van der Waals surface area contributed by atoms with Crippen LogP contribution in [0, 0.1) is 5.92 Å². The molecule has 1 aliphatic carbocycles. The highest BCUT2D eigenvalue weighted by atomic mass is 35.5. The highest BCUT2D eigenvalue weighted by Gasteiger charge is 2.58. The molecule has 1 aromatic carbocycles. The van der Waals surface area contributed by atoms with E-state index in [1.165, 1.54) is 6.26 Å². The lowest BCUT2D eigenvalue weighted by Crippen LogP contribution is -2.16. The maximum absolute atomic E-state index is 11.6. The Morgan fingerprint density at radius 1 is 1.35 bits per heavy atom. The van der Waals surface area contributed by atoms with E-state index in [9.17, 15) is 8.42 Å². The average molecular weight is 290 g/mol. The molecular weight excluding hydrogens is 278 g/mol. The summed E-state index contributed by atoms with van der Waals surface area (Å²) >= 11 is 10.7. The van der Waals surface area contributed by atoms with Crippen molar-refractivity contribution >= 4 is 38.6 Å². The summed E-state index contributed by atoms with van der Waals surface area (Å²) in [6.45, 7) is 0. The van der Waals surface area contributed by atoms with Gasteiger partial charge in [-0.05, 0) is 17.7 Å². The molecule has 1 aromatic rings. The van der Waals surface area contributed by atoms with Crippen molar-refractivity contribution < 1.29 is 8.42 Å². The van der Waals surface area contributed by atoms with Gasteiger partial charge in [-0.25, -0.2) is 8.42 Å². The largest absolute Gasteiger partial charge is 0.393 e. The lowest BCUT2D eigenvalue weighted by molar-refractivity contribution is 0.599. The molecule has 0 unspecified atom stereocenters. The van der Waals surface area contributed by atoms with E-state index in [1.807, 2.05) is 12.1 Å². The van der Waals surface area contributed by atoms with Crippen LogP contribution in [0.5, 0.6) is 0 Å². The fourth-order valence-corrected chi connectivity index (χ4v) is 4.36. The Morgan fingerprint density at radius 2 is 1.88 bits per heavy atom. The molecule has 3 nitrogen and oxygen atoms in total. The van der Waals surface area contributed by atoms with Crippen molar-refractivity contribution in [2.75, 3.05) is 6.26 Å². The molecule has 1 aliphatic rings. The number of nitrogens with two attached hydrogens (primary N) is 1. The molecule has 92 valence electrons. The van der Waals surface area contributed by atoms with Crippen LogP contribution in [-0.4, -0.2) is 24.9 Å². The average Bonchev–Trinajstić information content (AvgIpc) is 2.93. The van der Waals surface area contributed by atoms with Crippen LogP contribution in [-0.2, 0) is 9.84 Å². The van der Waals surface area contributed by atoms with Gasteiger partial charge in [0.1, 0.15) is 0 Å². The van der Waals surface area contributed by atoms with E-state index in [1.54, 1.807) is 12.1 Å². The molecule has 0 bridgehead atoms. The van der Waals surface area contributed by atoms with Gasteiger partial charge in [0.05, 0.1) is 10.2 Å². The summed E-state index contributed by atoms with van der Waals surface area (Å²) in [4.78, 5) is 0.264. The summed E-state index contributed by atoms with van der Waals surface area (Å²) < 4.78 is 23.2. The summed E-state index contributed by atoms with van der Waals surface area (Å²) in [7, 11) is -3.13. The van der Waals surface area contributed by atoms with E-state index >= 15 is 0 Å². The molecule has 0 saturated heterocycles. The van der Waals surface area contributed by atoms with Gasteiger partial charge >= 0.3 is 0 Å². The van der Waals surface area contributed by atoms with Gasteiger partial charge in [-0.1, -0.05) is 36.0 Å². The van der Waals surface area contributed by atoms with Crippen LogP contribution in [0.3, 0.4) is 0 Å². The van der Waals surface area contributed by atoms with Gasteiger partial charge < -0.3 is 5.73 Å². The predicted molar refractivity (Wildman–Crippen MR) is 73.1 cm³/mol. The monoisotopic (exact) mass is 289 g/mol. The van der Waals surface area contributed by atoms with Gasteiger partial charge in [-0.15, -0.1) is 0 Å². The molecule has 6 heteroatoms. The first-order valence-corrected chi connectivity index (χ1v) is 7.80. The van der Waals surface area contributed by atoms with Crippen LogP contribution < -0.4 is 5.73 Å². The summed E-state index contributed by atoms with van der Waals surface area (Å²) in [6.07, 6.45) is 1.22. The molecule has 0 heterocycles. The fourth-order valence-electron chi connectivity index (χ4n) is 2.24. The van der Waals surface area contributed by atoms with E-state index in [-0.39, 0.29) is 16.8 Å². The van der Waals surface area contributed by atoms with Gasteiger partial charge in [0.2, 0.25) is 0 Å². The van der Waals surface area contributed by atoms with Crippen LogP contribution in [0.25, 0.3) is 0 Å². The highest BCUT2D eigenvalue weighted by Crippen LogP contribution is 2.52. The zero-order valence-corrected chi connectivity index (χ0v) is 11.5. The Labute approximate surface area is 111 Å². The van der Waals surface area contributed by atoms with E-state index in [0.717, 1.165) is 5.56 Å². The molecule has 1 saturated carbocycles. The van der Waals surface area contributed by atoms with Crippen molar-refractivity contribution in [3.05, 3.63) is 34.9 Å². The molecule has 2 rings (SSSR count). The first kappa shape index (κ1) is 12.8. The minimum Gasteiger partial charge on any atom is -0.393 e. The van der Waals surface area contributed by atoms with Crippen molar-refractivity contribution in [3.63, 3.8) is 0 Å². The smallest absolute Gasteiger partial charge is 0.151 e. The number of hydrogen-bond acceptors (Lipinski definition) is 3.